The summed E-state index contributed by atoms with van der Waals surface area (Å²) in [5, 5.41) is 10.4. The fourth-order valence-electron chi connectivity index (χ4n) is 2.63. The zero-order valence-corrected chi connectivity index (χ0v) is 10.6. The van der Waals surface area contributed by atoms with Crippen LogP contribution in [0.4, 0.5) is 0 Å². The molecule has 0 aromatic rings. The SMILES string of the molecule is CCCC(C)N(C)CC1(O)CCCCC1. The first-order valence-corrected chi connectivity index (χ1v) is 6.50. The number of hydrogen-bond donors (Lipinski definition) is 1. The van der Waals surface area contributed by atoms with Gasteiger partial charge in [-0.05, 0) is 33.2 Å². The summed E-state index contributed by atoms with van der Waals surface area (Å²) in [7, 11) is 2.15. The average molecular weight is 213 g/mol. The van der Waals surface area contributed by atoms with Gasteiger partial charge in [0.1, 0.15) is 0 Å². The number of likely N-dealkylation sites (N-methyl/N-ethyl adjacent to an activating group) is 1. The minimum absolute atomic E-state index is 0.394. The van der Waals surface area contributed by atoms with Crippen molar-refractivity contribution in [2.75, 3.05) is 13.6 Å². The van der Waals surface area contributed by atoms with E-state index < -0.39 is 5.60 Å². The summed E-state index contributed by atoms with van der Waals surface area (Å²) in [4.78, 5) is 2.33. The Balaban J connectivity index is 2.37. The van der Waals surface area contributed by atoms with Crippen molar-refractivity contribution in [3.05, 3.63) is 0 Å². The third kappa shape index (κ3) is 4.12. The minimum Gasteiger partial charge on any atom is -0.389 e. The van der Waals surface area contributed by atoms with Crippen LogP contribution in [0.15, 0.2) is 0 Å². The fraction of sp³-hybridized carbons (Fsp3) is 1.00. The van der Waals surface area contributed by atoms with Crippen LogP contribution in [0.2, 0.25) is 0 Å². The summed E-state index contributed by atoms with van der Waals surface area (Å²) in [6.45, 7) is 5.34. The van der Waals surface area contributed by atoms with E-state index in [1.54, 1.807) is 0 Å². The molecule has 0 aromatic carbocycles. The Kier molecular flexibility index (Phi) is 5.07. The number of hydrogen-bond acceptors (Lipinski definition) is 2. The molecule has 2 heteroatoms. The van der Waals surface area contributed by atoms with Crippen LogP contribution >= 0.6 is 0 Å². The van der Waals surface area contributed by atoms with Crippen LogP contribution in [0.1, 0.15) is 58.8 Å². The van der Waals surface area contributed by atoms with Gasteiger partial charge in [0.05, 0.1) is 5.60 Å². The third-order valence-electron chi connectivity index (χ3n) is 3.79. The molecular weight excluding hydrogens is 186 g/mol. The molecule has 90 valence electrons. The molecule has 2 nitrogen and oxygen atoms in total. The Morgan fingerprint density at radius 1 is 1.27 bits per heavy atom. The summed E-state index contributed by atoms with van der Waals surface area (Å²) in [5.41, 5.74) is -0.394. The van der Waals surface area contributed by atoms with E-state index in [9.17, 15) is 5.11 Å². The van der Waals surface area contributed by atoms with Crippen molar-refractivity contribution in [2.24, 2.45) is 0 Å². The quantitative estimate of drug-likeness (QED) is 0.759. The molecular formula is C13H27NO. The summed E-state index contributed by atoms with van der Waals surface area (Å²) < 4.78 is 0. The van der Waals surface area contributed by atoms with Gasteiger partial charge in [-0.2, -0.15) is 0 Å². The first-order chi connectivity index (χ1) is 7.07. The lowest BCUT2D eigenvalue weighted by Gasteiger charge is -2.37. The van der Waals surface area contributed by atoms with E-state index in [0.717, 1.165) is 19.4 Å². The van der Waals surface area contributed by atoms with Crippen molar-refractivity contribution in [1.82, 2.24) is 4.90 Å². The molecule has 0 bridgehead atoms. The van der Waals surface area contributed by atoms with Crippen molar-refractivity contribution in [3.8, 4) is 0 Å². The number of nitrogens with zero attached hydrogens (tertiary/aromatic N) is 1. The lowest BCUT2D eigenvalue weighted by molar-refractivity contribution is -0.0284. The Hall–Kier alpha value is -0.0800. The molecule has 0 amide bonds. The van der Waals surface area contributed by atoms with Crippen LogP contribution in [0.25, 0.3) is 0 Å². The highest BCUT2D eigenvalue weighted by molar-refractivity contribution is 4.85. The molecule has 15 heavy (non-hydrogen) atoms. The molecule has 1 rings (SSSR count). The molecule has 0 radical (unpaired) electrons. The van der Waals surface area contributed by atoms with Crippen LogP contribution in [0.5, 0.6) is 0 Å². The van der Waals surface area contributed by atoms with Gasteiger partial charge in [0.2, 0.25) is 0 Å². The molecule has 1 atom stereocenters. The average Bonchev–Trinajstić information content (AvgIpc) is 2.18. The summed E-state index contributed by atoms with van der Waals surface area (Å²) in [5.74, 6) is 0. The molecule has 1 aliphatic carbocycles. The predicted molar refractivity (Wildman–Crippen MR) is 65.0 cm³/mol. The van der Waals surface area contributed by atoms with Crippen molar-refractivity contribution in [3.63, 3.8) is 0 Å². The lowest BCUT2D eigenvalue weighted by atomic mass is 9.84. The first-order valence-electron chi connectivity index (χ1n) is 6.50. The first kappa shape index (κ1) is 13.0. The van der Waals surface area contributed by atoms with Gasteiger partial charge in [0.15, 0.2) is 0 Å². The van der Waals surface area contributed by atoms with Gasteiger partial charge in [-0.15, -0.1) is 0 Å². The maximum Gasteiger partial charge on any atom is 0.0774 e. The Morgan fingerprint density at radius 2 is 1.87 bits per heavy atom. The van der Waals surface area contributed by atoms with E-state index in [1.165, 1.54) is 32.1 Å². The summed E-state index contributed by atoms with van der Waals surface area (Å²) in [6.07, 6.45) is 8.15. The summed E-state index contributed by atoms with van der Waals surface area (Å²) >= 11 is 0. The lowest BCUT2D eigenvalue weighted by Crippen LogP contribution is -2.45. The van der Waals surface area contributed by atoms with Crippen molar-refractivity contribution in [1.29, 1.82) is 0 Å². The standard InChI is InChI=1S/C13H27NO/c1-4-8-12(2)14(3)11-13(15)9-6-5-7-10-13/h12,15H,4-11H2,1-3H3. The highest BCUT2D eigenvalue weighted by atomic mass is 16.3. The molecule has 0 aromatic heterocycles. The number of rotatable bonds is 5. The largest absolute Gasteiger partial charge is 0.389 e. The van der Waals surface area contributed by atoms with Crippen LogP contribution < -0.4 is 0 Å². The van der Waals surface area contributed by atoms with Crippen molar-refractivity contribution >= 4 is 0 Å². The smallest absolute Gasteiger partial charge is 0.0774 e. The van der Waals surface area contributed by atoms with Gasteiger partial charge in [0, 0.05) is 12.6 Å². The van der Waals surface area contributed by atoms with E-state index in [-0.39, 0.29) is 0 Å². The normalized spacial score (nSPS) is 23.0. The van der Waals surface area contributed by atoms with Gasteiger partial charge in [-0.3, -0.25) is 0 Å². The van der Waals surface area contributed by atoms with Crippen LogP contribution in [0.3, 0.4) is 0 Å². The number of aliphatic hydroxyl groups is 1. The van der Waals surface area contributed by atoms with E-state index in [1.807, 2.05) is 0 Å². The third-order valence-corrected chi connectivity index (χ3v) is 3.79. The topological polar surface area (TPSA) is 23.5 Å². The van der Waals surface area contributed by atoms with Gasteiger partial charge in [-0.25, -0.2) is 0 Å². The highest BCUT2D eigenvalue weighted by Gasteiger charge is 2.31. The monoisotopic (exact) mass is 213 g/mol. The fourth-order valence-corrected chi connectivity index (χ4v) is 2.63. The highest BCUT2D eigenvalue weighted by Crippen LogP contribution is 2.29. The van der Waals surface area contributed by atoms with Crippen LogP contribution in [-0.2, 0) is 0 Å². The molecule has 0 aliphatic heterocycles. The van der Waals surface area contributed by atoms with Gasteiger partial charge >= 0.3 is 0 Å². The van der Waals surface area contributed by atoms with Crippen LogP contribution in [-0.4, -0.2) is 35.2 Å². The van der Waals surface area contributed by atoms with E-state index >= 15 is 0 Å². The van der Waals surface area contributed by atoms with Gasteiger partial charge < -0.3 is 10.0 Å². The predicted octanol–water partition coefficient (Wildman–Crippen LogP) is 2.80. The van der Waals surface area contributed by atoms with Crippen molar-refractivity contribution in [2.45, 2.75) is 70.4 Å². The van der Waals surface area contributed by atoms with Crippen molar-refractivity contribution < 1.29 is 5.11 Å². The molecule has 1 saturated carbocycles. The Morgan fingerprint density at radius 3 is 2.40 bits per heavy atom. The van der Waals surface area contributed by atoms with Gasteiger partial charge in [0.25, 0.3) is 0 Å². The second-order valence-electron chi connectivity index (χ2n) is 5.34. The second kappa shape index (κ2) is 5.86. The maximum atomic E-state index is 10.4. The molecule has 1 N–H and O–H groups in total. The van der Waals surface area contributed by atoms with E-state index in [4.69, 9.17) is 0 Å². The molecule has 1 aliphatic rings. The molecule has 0 heterocycles. The maximum absolute atomic E-state index is 10.4. The Bertz CT molecular complexity index is 175. The second-order valence-corrected chi connectivity index (χ2v) is 5.34. The minimum atomic E-state index is -0.394. The van der Waals surface area contributed by atoms with E-state index in [2.05, 4.69) is 25.8 Å². The molecule has 0 spiro atoms. The zero-order valence-electron chi connectivity index (χ0n) is 10.6. The van der Waals surface area contributed by atoms with E-state index in [0.29, 0.717) is 6.04 Å². The molecule has 0 saturated heterocycles. The summed E-state index contributed by atoms with van der Waals surface area (Å²) in [6, 6.07) is 0.598. The molecule has 1 unspecified atom stereocenters. The Labute approximate surface area is 94.7 Å². The molecule has 1 fully saturated rings. The van der Waals surface area contributed by atoms with Crippen LogP contribution in [0, 0.1) is 0 Å². The van der Waals surface area contributed by atoms with Gasteiger partial charge in [-0.1, -0.05) is 32.6 Å². The zero-order chi connectivity index (χ0) is 11.3.